The molecule has 17 heavy (non-hydrogen) atoms. The fourth-order valence-electron chi connectivity index (χ4n) is 1.90. The topological polar surface area (TPSA) is 61.8 Å². The number of aromatic amines is 1. The molecule has 0 spiro atoms. The van der Waals surface area contributed by atoms with Gasteiger partial charge in [0.15, 0.2) is 0 Å². The number of nitrogens with zero attached hydrogens (tertiary/aromatic N) is 2. The van der Waals surface area contributed by atoms with E-state index in [4.69, 9.17) is 0 Å². The summed E-state index contributed by atoms with van der Waals surface area (Å²) in [4.78, 5) is 3.98. The maximum Gasteiger partial charge on any atom is 0.134 e. The second-order valence-electron chi connectivity index (χ2n) is 4.01. The number of H-pyrrole nitrogens is 1. The predicted octanol–water partition coefficient (Wildman–Crippen LogP) is 2.64. The van der Waals surface area contributed by atoms with Gasteiger partial charge >= 0.3 is 0 Å². The van der Waals surface area contributed by atoms with Crippen LogP contribution in [0.25, 0.3) is 22.0 Å². The van der Waals surface area contributed by atoms with Gasteiger partial charge < -0.3 is 5.11 Å². The third-order valence-electron chi connectivity index (χ3n) is 2.80. The Morgan fingerprint density at radius 3 is 2.82 bits per heavy atom. The van der Waals surface area contributed by atoms with Gasteiger partial charge in [0.05, 0.1) is 11.7 Å². The van der Waals surface area contributed by atoms with Crippen molar-refractivity contribution in [1.29, 1.82) is 0 Å². The molecular formula is C13H11N3O. The summed E-state index contributed by atoms with van der Waals surface area (Å²) in [5.74, 6) is 0.173. The Hall–Kier alpha value is -2.36. The van der Waals surface area contributed by atoms with E-state index in [1.54, 1.807) is 12.3 Å². The summed E-state index contributed by atoms with van der Waals surface area (Å²) in [6, 6.07) is 7.67. The number of benzene rings is 1. The van der Waals surface area contributed by atoms with E-state index < -0.39 is 0 Å². The molecule has 0 saturated carbocycles. The Balaban J connectivity index is 2.20. The van der Waals surface area contributed by atoms with Crippen molar-refractivity contribution in [1.82, 2.24) is 15.2 Å². The smallest absolute Gasteiger partial charge is 0.134 e. The fraction of sp³-hybridized carbons (Fsp3) is 0.0769. The van der Waals surface area contributed by atoms with E-state index in [0.29, 0.717) is 0 Å². The van der Waals surface area contributed by atoms with Crippen LogP contribution < -0.4 is 0 Å². The Morgan fingerprint density at radius 2 is 2.00 bits per heavy atom. The summed E-state index contributed by atoms with van der Waals surface area (Å²) < 4.78 is 0. The SMILES string of the molecule is Cc1[nH]nc2ccc(-c3cncc(O)c3)cc12. The van der Waals surface area contributed by atoms with Gasteiger partial charge in [-0.2, -0.15) is 5.10 Å². The van der Waals surface area contributed by atoms with Crippen molar-refractivity contribution < 1.29 is 5.11 Å². The van der Waals surface area contributed by atoms with E-state index >= 15 is 0 Å². The molecular weight excluding hydrogens is 214 g/mol. The van der Waals surface area contributed by atoms with Crippen LogP contribution in [0.1, 0.15) is 5.69 Å². The second kappa shape index (κ2) is 3.59. The highest BCUT2D eigenvalue weighted by atomic mass is 16.3. The molecule has 0 bridgehead atoms. The van der Waals surface area contributed by atoms with Crippen LogP contribution >= 0.6 is 0 Å². The zero-order chi connectivity index (χ0) is 11.8. The number of aryl methyl sites for hydroxylation is 1. The number of rotatable bonds is 1. The number of aromatic nitrogens is 3. The van der Waals surface area contributed by atoms with E-state index in [-0.39, 0.29) is 5.75 Å². The molecule has 2 aromatic heterocycles. The summed E-state index contributed by atoms with van der Waals surface area (Å²) in [5, 5.41) is 17.6. The first-order valence-electron chi connectivity index (χ1n) is 5.33. The van der Waals surface area contributed by atoms with Gasteiger partial charge in [0.2, 0.25) is 0 Å². The minimum Gasteiger partial charge on any atom is -0.506 e. The van der Waals surface area contributed by atoms with Gasteiger partial charge in [0, 0.05) is 22.8 Å². The number of aromatic hydroxyl groups is 1. The maximum absolute atomic E-state index is 9.42. The van der Waals surface area contributed by atoms with Gasteiger partial charge in [0.1, 0.15) is 5.75 Å². The zero-order valence-electron chi connectivity index (χ0n) is 9.31. The lowest BCUT2D eigenvalue weighted by Gasteiger charge is -2.02. The molecule has 3 rings (SSSR count). The minimum absolute atomic E-state index is 0.173. The van der Waals surface area contributed by atoms with Crippen molar-refractivity contribution in [3.8, 4) is 16.9 Å². The Kier molecular flexibility index (Phi) is 2.08. The Labute approximate surface area is 97.9 Å². The summed E-state index contributed by atoms with van der Waals surface area (Å²) in [6.45, 7) is 1.99. The van der Waals surface area contributed by atoms with Crippen LogP contribution in [0.15, 0.2) is 36.7 Å². The molecule has 0 saturated heterocycles. The van der Waals surface area contributed by atoms with Crippen molar-refractivity contribution in [3.63, 3.8) is 0 Å². The number of hydrogen-bond acceptors (Lipinski definition) is 3. The lowest BCUT2D eigenvalue weighted by molar-refractivity contribution is 0.473. The molecule has 0 radical (unpaired) electrons. The van der Waals surface area contributed by atoms with Crippen molar-refractivity contribution >= 4 is 10.9 Å². The molecule has 0 amide bonds. The van der Waals surface area contributed by atoms with Crippen LogP contribution in [0, 0.1) is 6.92 Å². The molecule has 3 aromatic rings. The van der Waals surface area contributed by atoms with E-state index in [1.165, 1.54) is 6.20 Å². The van der Waals surface area contributed by atoms with Crippen LogP contribution in [-0.4, -0.2) is 20.3 Å². The molecule has 2 heterocycles. The number of nitrogens with one attached hydrogen (secondary N) is 1. The first-order chi connectivity index (χ1) is 8.24. The summed E-state index contributed by atoms with van der Waals surface area (Å²) >= 11 is 0. The molecule has 84 valence electrons. The number of pyridine rings is 1. The summed E-state index contributed by atoms with van der Waals surface area (Å²) in [7, 11) is 0. The second-order valence-corrected chi connectivity index (χ2v) is 4.01. The lowest BCUT2D eigenvalue weighted by Crippen LogP contribution is -1.80. The monoisotopic (exact) mass is 225 g/mol. The number of fused-ring (bicyclic) bond motifs is 1. The molecule has 4 heteroatoms. The lowest BCUT2D eigenvalue weighted by atomic mass is 10.0. The standard InChI is InChI=1S/C13H11N3O/c1-8-12-5-9(2-3-13(12)16-15-8)10-4-11(17)7-14-6-10/h2-7,17H,1H3,(H,15,16). The molecule has 4 nitrogen and oxygen atoms in total. The van der Waals surface area contributed by atoms with E-state index in [0.717, 1.165) is 27.7 Å². The van der Waals surface area contributed by atoms with Crippen LogP contribution in [0.5, 0.6) is 5.75 Å². The average molecular weight is 225 g/mol. The van der Waals surface area contributed by atoms with Gasteiger partial charge in [-0.1, -0.05) is 6.07 Å². The van der Waals surface area contributed by atoms with Crippen molar-refractivity contribution in [3.05, 3.63) is 42.4 Å². The van der Waals surface area contributed by atoms with Gasteiger partial charge in [-0.25, -0.2) is 0 Å². The van der Waals surface area contributed by atoms with Gasteiger partial charge in [-0.3, -0.25) is 10.1 Å². The van der Waals surface area contributed by atoms with E-state index in [1.807, 2.05) is 25.1 Å². The summed E-state index contributed by atoms with van der Waals surface area (Å²) in [6.07, 6.45) is 3.15. The van der Waals surface area contributed by atoms with Gasteiger partial charge in [0.25, 0.3) is 0 Å². The highest BCUT2D eigenvalue weighted by Gasteiger charge is 2.04. The summed E-state index contributed by atoms with van der Waals surface area (Å²) in [5.41, 5.74) is 3.90. The molecule has 0 unspecified atom stereocenters. The normalized spacial score (nSPS) is 10.9. The quantitative estimate of drug-likeness (QED) is 0.669. The van der Waals surface area contributed by atoms with Crippen molar-refractivity contribution in [2.24, 2.45) is 0 Å². The van der Waals surface area contributed by atoms with E-state index in [9.17, 15) is 5.11 Å². The maximum atomic E-state index is 9.42. The molecule has 0 atom stereocenters. The first-order valence-corrected chi connectivity index (χ1v) is 5.33. The molecule has 0 aliphatic carbocycles. The highest BCUT2D eigenvalue weighted by molar-refractivity contribution is 5.86. The molecule has 1 aromatic carbocycles. The third-order valence-corrected chi connectivity index (χ3v) is 2.80. The molecule has 0 fully saturated rings. The van der Waals surface area contributed by atoms with Crippen LogP contribution in [0.2, 0.25) is 0 Å². The molecule has 2 N–H and O–H groups in total. The fourth-order valence-corrected chi connectivity index (χ4v) is 1.90. The van der Waals surface area contributed by atoms with Crippen LogP contribution in [0.4, 0.5) is 0 Å². The van der Waals surface area contributed by atoms with Crippen molar-refractivity contribution in [2.75, 3.05) is 0 Å². The first kappa shape index (κ1) is 9.84. The Morgan fingerprint density at radius 1 is 1.12 bits per heavy atom. The minimum atomic E-state index is 0.173. The third kappa shape index (κ3) is 1.63. The zero-order valence-corrected chi connectivity index (χ0v) is 9.31. The van der Waals surface area contributed by atoms with Gasteiger partial charge in [-0.15, -0.1) is 0 Å². The Bertz CT molecular complexity index is 688. The van der Waals surface area contributed by atoms with Gasteiger partial charge in [-0.05, 0) is 30.7 Å². The van der Waals surface area contributed by atoms with Crippen LogP contribution in [0.3, 0.4) is 0 Å². The number of hydrogen-bond donors (Lipinski definition) is 2. The largest absolute Gasteiger partial charge is 0.506 e. The molecule has 0 aliphatic rings. The van der Waals surface area contributed by atoms with E-state index in [2.05, 4.69) is 15.2 Å². The predicted molar refractivity (Wildman–Crippen MR) is 65.7 cm³/mol. The van der Waals surface area contributed by atoms with Crippen LogP contribution in [-0.2, 0) is 0 Å². The van der Waals surface area contributed by atoms with Crippen molar-refractivity contribution in [2.45, 2.75) is 6.92 Å². The average Bonchev–Trinajstić information content (AvgIpc) is 2.71. The highest BCUT2D eigenvalue weighted by Crippen LogP contribution is 2.26. The molecule has 0 aliphatic heterocycles.